The molecule has 3 rings (SSSR count). The Bertz CT molecular complexity index is 1050. The van der Waals surface area contributed by atoms with E-state index in [1.54, 1.807) is 21.1 Å². The van der Waals surface area contributed by atoms with Crippen molar-refractivity contribution in [3.05, 3.63) is 71.0 Å². The number of ether oxygens (including phenoxy) is 3. The number of H-pyrrole nitrogens is 1. The molecule has 7 heteroatoms. The van der Waals surface area contributed by atoms with Crippen LogP contribution in [0.1, 0.15) is 39.0 Å². The highest BCUT2D eigenvalue weighted by Gasteiger charge is 2.28. The second kappa shape index (κ2) is 9.84. The molecule has 162 valence electrons. The van der Waals surface area contributed by atoms with Crippen LogP contribution >= 0.6 is 0 Å². The van der Waals surface area contributed by atoms with Gasteiger partial charge in [0.15, 0.2) is 0 Å². The first-order valence-corrected chi connectivity index (χ1v) is 9.93. The van der Waals surface area contributed by atoms with Gasteiger partial charge in [0.05, 0.1) is 26.4 Å². The summed E-state index contributed by atoms with van der Waals surface area (Å²) in [5.41, 5.74) is 3.56. The third-order valence-electron chi connectivity index (χ3n) is 4.93. The van der Waals surface area contributed by atoms with E-state index in [1.807, 2.05) is 48.5 Å². The van der Waals surface area contributed by atoms with E-state index in [1.165, 1.54) is 7.05 Å². The van der Waals surface area contributed by atoms with Crippen molar-refractivity contribution in [3.8, 4) is 22.6 Å². The van der Waals surface area contributed by atoms with Crippen molar-refractivity contribution in [1.82, 2.24) is 10.3 Å². The molecule has 1 heterocycles. The number of aromatic nitrogens is 1. The summed E-state index contributed by atoms with van der Waals surface area (Å²) in [4.78, 5) is 28.6. The van der Waals surface area contributed by atoms with E-state index >= 15 is 0 Å². The highest BCUT2D eigenvalue weighted by molar-refractivity contribution is 6.10. The van der Waals surface area contributed by atoms with Crippen LogP contribution in [0.3, 0.4) is 0 Å². The van der Waals surface area contributed by atoms with Gasteiger partial charge >= 0.3 is 5.97 Å². The van der Waals surface area contributed by atoms with Gasteiger partial charge in [0, 0.05) is 24.7 Å². The Morgan fingerprint density at radius 3 is 2.03 bits per heavy atom. The molecule has 31 heavy (non-hydrogen) atoms. The monoisotopic (exact) mass is 422 g/mol. The van der Waals surface area contributed by atoms with Crippen LogP contribution in [-0.2, 0) is 11.2 Å². The highest BCUT2D eigenvalue weighted by atomic mass is 16.5. The van der Waals surface area contributed by atoms with Crippen LogP contribution in [0.15, 0.2) is 48.5 Å². The van der Waals surface area contributed by atoms with Crippen molar-refractivity contribution in [3.63, 3.8) is 0 Å². The molecule has 0 spiro atoms. The van der Waals surface area contributed by atoms with Crippen LogP contribution in [0.4, 0.5) is 0 Å². The lowest BCUT2D eigenvalue weighted by atomic mass is 9.96. The zero-order chi connectivity index (χ0) is 22.4. The van der Waals surface area contributed by atoms with Crippen molar-refractivity contribution < 1.29 is 23.8 Å². The van der Waals surface area contributed by atoms with E-state index < -0.39 is 5.97 Å². The molecule has 0 atom stereocenters. The number of hydrogen-bond donors (Lipinski definition) is 2. The summed E-state index contributed by atoms with van der Waals surface area (Å²) in [5, 5.41) is 2.64. The summed E-state index contributed by atoms with van der Waals surface area (Å²) in [6.07, 6.45) is 0.481. The standard InChI is InChI=1S/C24H26N2O5/c1-5-31-24(28)22-21(23(27)25-2)20(16-8-12-18(30-4)13-9-16)19(26-22)14-15-6-10-17(29-3)11-7-15/h6-13,26H,5,14H2,1-4H3,(H,25,27). The fourth-order valence-electron chi connectivity index (χ4n) is 3.42. The van der Waals surface area contributed by atoms with Crippen LogP contribution in [0.25, 0.3) is 11.1 Å². The highest BCUT2D eigenvalue weighted by Crippen LogP contribution is 2.34. The molecule has 0 aliphatic rings. The fraction of sp³-hybridized carbons (Fsp3) is 0.250. The number of aromatic amines is 1. The second-order valence-corrected chi connectivity index (χ2v) is 6.78. The molecule has 1 aromatic heterocycles. The lowest BCUT2D eigenvalue weighted by Gasteiger charge is -2.10. The van der Waals surface area contributed by atoms with Gasteiger partial charge in [0.1, 0.15) is 17.2 Å². The average molecular weight is 422 g/mol. The first kappa shape index (κ1) is 22.0. The first-order valence-electron chi connectivity index (χ1n) is 9.93. The number of hydrogen-bond acceptors (Lipinski definition) is 5. The molecule has 0 saturated heterocycles. The number of carbonyl (C=O) groups is 2. The van der Waals surface area contributed by atoms with Crippen molar-refractivity contribution in [2.45, 2.75) is 13.3 Å². The minimum Gasteiger partial charge on any atom is -0.497 e. The van der Waals surface area contributed by atoms with Crippen LogP contribution in [0.5, 0.6) is 11.5 Å². The minimum absolute atomic E-state index is 0.135. The van der Waals surface area contributed by atoms with E-state index in [0.29, 0.717) is 17.7 Å². The number of nitrogens with one attached hydrogen (secondary N) is 2. The molecule has 0 saturated carbocycles. The lowest BCUT2D eigenvalue weighted by Crippen LogP contribution is -2.21. The summed E-state index contributed by atoms with van der Waals surface area (Å²) in [7, 11) is 4.74. The smallest absolute Gasteiger partial charge is 0.355 e. The zero-order valence-corrected chi connectivity index (χ0v) is 18.1. The Morgan fingerprint density at radius 1 is 0.935 bits per heavy atom. The summed E-state index contributed by atoms with van der Waals surface area (Å²) in [5.74, 6) is 0.509. The predicted molar refractivity (Wildman–Crippen MR) is 118 cm³/mol. The molecule has 2 aromatic carbocycles. The fourth-order valence-corrected chi connectivity index (χ4v) is 3.42. The second-order valence-electron chi connectivity index (χ2n) is 6.78. The quantitative estimate of drug-likeness (QED) is 0.539. The normalized spacial score (nSPS) is 10.5. The van der Waals surface area contributed by atoms with Gasteiger partial charge < -0.3 is 24.5 Å². The molecule has 0 fully saturated rings. The van der Waals surface area contributed by atoms with E-state index in [-0.39, 0.29) is 23.8 Å². The number of carbonyl (C=O) groups excluding carboxylic acids is 2. The molecule has 0 bridgehead atoms. The van der Waals surface area contributed by atoms with Gasteiger partial charge in [0.25, 0.3) is 5.91 Å². The van der Waals surface area contributed by atoms with Gasteiger partial charge in [-0.15, -0.1) is 0 Å². The minimum atomic E-state index is -0.572. The van der Waals surface area contributed by atoms with Crippen LogP contribution in [0.2, 0.25) is 0 Å². The Kier molecular flexibility index (Phi) is 6.97. The van der Waals surface area contributed by atoms with Gasteiger partial charge in [-0.25, -0.2) is 4.79 Å². The summed E-state index contributed by atoms with van der Waals surface area (Å²) < 4.78 is 15.7. The Hall–Kier alpha value is -3.74. The van der Waals surface area contributed by atoms with Crippen LogP contribution < -0.4 is 14.8 Å². The van der Waals surface area contributed by atoms with E-state index in [4.69, 9.17) is 14.2 Å². The third-order valence-corrected chi connectivity index (χ3v) is 4.93. The van der Waals surface area contributed by atoms with Gasteiger partial charge in [-0.05, 0) is 42.3 Å². The summed E-state index contributed by atoms with van der Waals surface area (Å²) in [6, 6.07) is 15.0. The molecular weight excluding hydrogens is 396 g/mol. The summed E-state index contributed by atoms with van der Waals surface area (Å²) in [6.45, 7) is 1.93. The molecule has 0 radical (unpaired) electrons. The van der Waals surface area contributed by atoms with Gasteiger partial charge in [-0.3, -0.25) is 4.79 Å². The number of methoxy groups -OCH3 is 2. The first-order chi connectivity index (χ1) is 15.0. The maximum atomic E-state index is 12.8. The SMILES string of the molecule is CCOC(=O)c1[nH]c(Cc2ccc(OC)cc2)c(-c2ccc(OC)cc2)c1C(=O)NC. The maximum Gasteiger partial charge on any atom is 0.355 e. The number of benzene rings is 2. The van der Waals surface area contributed by atoms with Crippen molar-refractivity contribution in [2.75, 3.05) is 27.9 Å². The van der Waals surface area contributed by atoms with Crippen LogP contribution in [0, 0.1) is 0 Å². The van der Waals surface area contributed by atoms with Crippen molar-refractivity contribution in [1.29, 1.82) is 0 Å². The van der Waals surface area contributed by atoms with E-state index in [2.05, 4.69) is 10.3 Å². The summed E-state index contributed by atoms with van der Waals surface area (Å²) >= 11 is 0. The Labute approximate surface area is 181 Å². The largest absolute Gasteiger partial charge is 0.497 e. The van der Waals surface area contributed by atoms with Gasteiger partial charge in [-0.2, -0.15) is 0 Å². The van der Waals surface area contributed by atoms with E-state index in [0.717, 1.165) is 22.6 Å². The maximum absolute atomic E-state index is 12.8. The molecule has 0 aliphatic carbocycles. The molecular formula is C24H26N2O5. The van der Waals surface area contributed by atoms with Gasteiger partial charge in [0.2, 0.25) is 0 Å². The molecule has 0 unspecified atom stereocenters. The lowest BCUT2D eigenvalue weighted by molar-refractivity contribution is 0.0516. The number of rotatable bonds is 8. The number of esters is 1. The topological polar surface area (TPSA) is 89.7 Å². The Balaban J connectivity index is 2.18. The molecule has 2 N–H and O–H groups in total. The van der Waals surface area contributed by atoms with Crippen molar-refractivity contribution in [2.24, 2.45) is 0 Å². The zero-order valence-electron chi connectivity index (χ0n) is 18.1. The number of amides is 1. The Morgan fingerprint density at radius 2 is 1.52 bits per heavy atom. The van der Waals surface area contributed by atoms with E-state index in [9.17, 15) is 9.59 Å². The van der Waals surface area contributed by atoms with Crippen molar-refractivity contribution >= 4 is 11.9 Å². The molecule has 0 aliphatic heterocycles. The molecule has 1 amide bonds. The molecule has 7 nitrogen and oxygen atoms in total. The average Bonchev–Trinajstić information content (AvgIpc) is 3.18. The van der Waals surface area contributed by atoms with Crippen LogP contribution in [-0.4, -0.2) is 44.7 Å². The van der Waals surface area contributed by atoms with Gasteiger partial charge in [-0.1, -0.05) is 24.3 Å². The molecule has 3 aromatic rings. The predicted octanol–water partition coefficient (Wildman–Crippen LogP) is 3.83. The third kappa shape index (κ3) is 4.71.